The number of hydrogen-bond acceptors (Lipinski definition) is 10. The third-order valence-electron chi connectivity index (χ3n) is 4.97. The van der Waals surface area contributed by atoms with E-state index in [2.05, 4.69) is 20.0 Å². The molecule has 1 fully saturated rings. The summed E-state index contributed by atoms with van der Waals surface area (Å²) < 4.78 is 33.6. The van der Waals surface area contributed by atoms with Crippen molar-refractivity contribution in [2.45, 2.75) is 58.3 Å². The molecule has 0 amide bonds. The molecule has 11 nitrogen and oxygen atoms in total. The van der Waals surface area contributed by atoms with Crippen LogP contribution in [0.25, 0.3) is 11.2 Å². The molecule has 1 aliphatic rings. The zero-order chi connectivity index (χ0) is 24.5. The quantitative estimate of drug-likeness (QED) is 0.387. The molecular formula is C19H30FN7O4PS+. The molecule has 0 spiro atoms. The lowest BCUT2D eigenvalue weighted by Gasteiger charge is -2.20. The number of rotatable bonds is 9. The minimum atomic E-state index is -2.06. The van der Waals surface area contributed by atoms with Crippen molar-refractivity contribution in [3.63, 3.8) is 0 Å². The van der Waals surface area contributed by atoms with Crippen LogP contribution in [0.15, 0.2) is 6.33 Å². The minimum Gasteiger partial charge on any atom is -0.462 e. The number of nitrogens with two attached hydrogens (primary N) is 1. The molecule has 0 aliphatic carbocycles. The first-order valence-electron chi connectivity index (χ1n) is 10.5. The van der Waals surface area contributed by atoms with Gasteiger partial charge in [0.2, 0.25) is 23.6 Å². The van der Waals surface area contributed by atoms with E-state index in [1.807, 2.05) is 21.0 Å². The van der Waals surface area contributed by atoms with E-state index in [1.165, 1.54) is 0 Å². The smallest absolute Gasteiger partial charge is 0.440 e. The molecule has 3 heterocycles. The molecule has 0 radical (unpaired) electrons. The van der Waals surface area contributed by atoms with Crippen molar-refractivity contribution >= 4 is 47.8 Å². The first-order valence-corrected chi connectivity index (χ1v) is 12.8. The van der Waals surface area contributed by atoms with Gasteiger partial charge >= 0.3 is 13.0 Å². The van der Waals surface area contributed by atoms with E-state index >= 15 is 4.39 Å². The molecule has 0 saturated carbocycles. The van der Waals surface area contributed by atoms with Gasteiger partial charge in [-0.1, -0.05) is 12.0 Å². The van der Waals surface area contributed by atoms with Crippen molar-refractivity contribution in [3.05, 3.63) is 6.33 Å². The number of nitrogen functional groups attached to an aromatic ring is 1. The van der Waals surface area contributed by atoms with Gasteiger partial charge in [-0.05, 0) is 20.8 Å². The zero-order valence-electron chi connectivity index (χ0n) is 19.5. The first-order chi connectivity index (χ1) is 15.4. The normalized spacial score (nSPS) is 24.3. The highest BCUT2D eigenvalue weighted by atomic mass is 32.4. The Morgan fingerprint density at radius 2 is 2.18 bits per heavy atom. The number of nitrogens with zero attached hydrogens (tertiary/aromatic N) is 5. The molecule has 3 N–H and O–H groups in total. The van der Waals surface area contributed by atoms with Crippen LogP contribution >= 0.6 is 7.07 Å². The summed E-state index contributed by atoms with van der Waals surface area (Å²) in [6, 6.07) is -0.670. The number of imidazole rings is 1. The monoisotopic (exact) mass is 502 g/mol. The van der Waals surface area contributed by atoms with Crippen LogP contribution in [0, 0.1) is 5.92 Å². The van der Waals surface area contributed by atoms with Crippen LogP contribution in [-0.4, -0.2) is 64.2 Å². The Bertz CT molecular complexity index is 1040. The predicted octanol–water partition coefficient (Wildman–Crippen LogP) is 2.42. The average molecular weight is 503 g/mol. The van der Waals surface area contributed by atoms with Gasteiger partial charge in [0.25, 0.3) is 0 Å². The van der Waals surface area contributed by atoms with Gasteiger partial charge < -0.3 is 20.1 Å². The summed E-state index contributed by atoms with van der Waals surface area (Å²) in [5, 5.41) is 2.83. The fraction of sp³-hybridized carbons (Fsp3) is 0.684. The van der Waals surface area contributed by atoms with Crippen LogP contribution in [0.1, 0.15) is 40.3 Å². The van der Waals surface area contributed by atoms with Crippen molar-refractivity contribution in [2.75, 3.05) is 31.3 Å². The SMILES string of the molecule is CC(C)OC(=O)[C@H](C)N[P+](=S)OC[C@]1(F)C[C@H](C)[C@H](n2cnc3c(N(C)C)nc(N)nc32)O1. The van der Waals surface area contributed by atoms with Crippen LogP contribution in [0.2, 0.25) is 0 Å². The number of fused-ring (bicyclic) bond motifs is 1. The highest BCUT2D eigenvalue weighted by molar-refractivity contribution is 8.02. The number of ether oxygens (including phenoxy) is 2. The van der Waals surface area contributed by atoms with Gasteiger partial charge in [0.05, 0.1) is 12.4 Å². The topological polar surface area (TPSA) is 130 Å². The van der Waals surface area contributed by atoms with E-state index in [4.69, 9.17) is 31.5 Å². The molecule has 14 heteroatoms. The van der Waals surface area contributed by atoms with Gasteiger partial charge in [0.15, 0.2) is 23.6 Å². The summed E-state index contributed by atoms with van der Waals surface area (Å²) >= 11 is 5.24. The van der Waals surface area contributed by atoms with Crippen LogP contribution in [0.4, 0.5) is 16.2 Å². The number of nitrogens with one attached hydrogen (secondary N) is 1. The molecule has 2 aromatic heterocycles. The summed E-state index contributed by atoms with van der Waals surface area (Å²) in [6.45, 7) is 6.61. The summed E-state index contributed by atoms with van der Waals surface area (Å²) in [4.78, 5) is 26.6. The summed E-state index contributed by atoms with van der Waals surface area (Å²) in [5.74, 6) is -2.07. The van der Waals surface area contributed by atoms with E-state index in [9.17, 15) is 4.79 Å². The molecule has 1 unspecified atom stereocenters. The van der Waals surface area contributed by atoms with Crippen molar-refractivity contribution in [1.82, 2.24) is 24.6 Å². The van der Waals surface area contributed by atoms with Crippen LogP contribution in [-0.2, 0) is 30.6 Å². The molecule has 33 heavy (non-hydrogen) atoms. The maximum Gasteiger partial charge on any atom is 0.440 e. The fourth-order valence-electron chi connectivity index (χ4n) is 3.54. The van der Waals surface area contributed by atoms with Crippen molar-refractivity contribution in [1.29, 1.82) is 0 Å². The van der Waals surface area contributed by atoms with Gasteiger partial charge in [0, 0.05) is 26.4 Å². The first kappa shape index (κ1) is 25.6. The number of halogens is 1. The molecule has 3 rings (SSSR count). The highest BCUT2D eigenvalue weighted by Gasteiger charge is 2.48. The Balaban J connectivity index is 1.68. The Kier molecular flexibility index (Phi) is 7.80. The van der Waals surface area contributed by atoms with E-state index < -0.39 is 31.2 Å². The average Bonchev–Trinajstić information content (AvgIpc) is 3.25. The molecule has 182 valence electrons. The van der Waals surface area contributed by atoms with E-state index in [0.29, 0.717) is 17.0 Å². The van der Waals surface area contributed by atoms with Crippen LogP contribution in [0.5, 0.6) is 0 Å². The number of anilines is 2. The molecule has 1 aliphatic heterocycles. The number of carbonyl (C=O) groups excluding carboxylic acids is 1. The maximum atomic E-state index is 15.5. The Hall–Kier alpha value is -2.05. The van der Waals surface area contributed by atoms with Crippen LogP contribution in [0.3, 0.4) is 0 Å². The molecule has 2 aromatic rings. The molecule has 1 saturated heterocycles. The molecule has 0 bridgehead atoms. The van der Waals surface area contributed by atoms with Crippen molar-refractivity contribution in [2.24, 2.45) is 5.92 Å². The second-order valence-electron chi connectivity index (χ2n) is 8.56. The lowest BCUT2D eigenvalue weighted by atomic mass is 10.1. The van der Waals surface area contributed by atoms with Gasteiger partial charge in [-0.15, -0.1) is 4.52 Å². The number of carbonyl (C=O) groups is 1. The Labute approximate surface area is 197 Å². The maximum absolute atomic E-state index is 15.5. The lowest BCUT2D eigenvalue weighted by molar-refractivity contribution is -0.171. The largest absolute Gasteiger partial charge is 0.462 e. The Morgan fingerprint density at radius 3 is 2.82 bits per heavy atom. The van der Waals surface area contributed by atoms with Crippen LogP contribution < -0.4 is 15.7 Å². The predicted molar refractivity (Wildman–Crippen MR) is 126 cm³/mol. The third kappa shape index (κ3) is 5.90. The fourth-order valence-corrected chi connectivity index (χ4v) is 4.98. The highest BCUT2D eigenvalue weighted by Crippen LogP contribution is 2.44. The van der Waals surface area contributed by atoms with Gasteiger partial charge in [-0.2, -0.15) is 9.97 Å². The van der Waals surface area contributed by atoms with Crippen molar-refractivity contribution in [3.8, 4) is 0 Å². The standard InChI is InChI=1S/C19H30FN7O4PS/c1-10(2)30-17(28)12(4)25-32(33)29-8-19(20)7-11(3)16(31-19)27-9-22-13-14(26(5)6)23-18(21)24-15(13)27/h9-12,16H,7-8H2,1-6H3,(H,25,33)(H2,21,23,24)/q+1/t11-,12-,16+,19-/m0/s1. The van der Waals surface area contributed by atoms with E-state index in [-0.39, 0.29) is 31.0 Å². The number of alkyl halides is 1. The number of hydrogen-bond donors (Lipinski definition) is 2. The number of esters is 1. The lowest BCUT2D eigenvalue weighted by Crippen LogP contribution is -2.34. The van der Waals surface area contributed by atoms with Gasteiger partial charge in [0.1, 0.15) is 12.3 Å². The van der Waals surface area contributed by atoms with Gasteiger partial charge in [-0.3, -0.25) is 9.36 Å². The third-order valence-corrected chi connectivity index (χ3v) is 6.56. The van der Waals surface area contributed by atoms with E-state index in [1.54, 1.807) is 36.6 Å². The second kappa shape index (κ2) is 10.1. The molecule has 5 atom stereocenters. The summed E-state index contributed by atoms with van der Waals surface area (Å²) in [7, 11) is 1.95. The Morgan fingerprint density at radius 1 is 1.48 bits per heavy atom. The van der Waals surface area contributed by atoms with E-state index in [0.717, 1.165) is 0 Å². The molecular weight excluding hydrogens is 472 g/mol. The molecule has 0 aromatic carbocycles. The summed E-state index contributed by atoms with van der Waals surface area (Å²) in [5.41, 5.74) is 6.87. The summed E-state index contributed by atoms with van der Waals surface area (Å²) in [6.07, 6.45) is 0.717. The zero-order valence-corrected chi connectivity index (χ0v) is 21.2. The minimum absolute atomic E-state index is 0.0846. The second-order valence-corrected chi connectivity index (χ2v) is 10.6. The number of aromatic nitrogens is 4. The van der Waals surface area contributed by atoms with Crippen molar-refractivity contribution < 1.29 is 23.2 Å². The van der Waals surface area contributed by atoms with Gasteiger partial charge in [-0.25, -0.2) is 9.37 Å².